The van der Waals surface area contributed by atoms with Crippen molar-refractivity contribution in [3.8, 4) is 0 Å². The molecule has 23 heavy (non-hydrogen) atoms. The molecule has 2 aliphatic heterocycles. The van der Waals surface area contributed by atoms with E-state index in [9.17, 15) is 14.4 Å². The van der Waals surface area contributed by atoms with Crippen molar-refractivity contribution < 1.29 is 9.59 Å². The Bertz CT molecular complexity index is 684. The van der Waals surface area contributed by atoms with Crippen molar-refractivity contribution in [3.63, 3.8) is 0 Å². The number of hydrogen-bond acceptors (Lipinski definition) is 4. The van der Waals surface area contributed by atoms with Crippen molar-refractivity contribution in [1.29, 1.82) is 0 Å². The summed E-state index contributed by atoms with van der Waals surface area (Å²) in [7, 11) is 0. The van der Waals surface area contributed by atoms with E-state index in [1.54, 1.807) is 4.90 Å². The molecule has 1 spiro atoms. The molecular formula is C16H22N4O3. The summed E-state index contributed by atoms with van der Waals surface area (Å²) in [6, 6.07) is 0.121. The molecule has 7 nitrogen and oxygen atoms in total. The molecule has 0 aliphatic carbocycles. The summed E-state index contributed by atoms with van der Waals surface area (Å²) in [5, 5.41) is 0. The van der Waals surface area contributed by atoms with Gasteiger partial charge in [0.1, 0.15) is 11.2 Å². The van der Waals surface area contributed by atoms with Gasteiger partial charge in [-0.3, -0.25) is 19.4 Å². The number of aromatic nitrogens is 2. The zero-order chi connectivity index (χ0) is 16.6. The molecule has 2 fully saturated rings. The minimum atomic E-state index is -0.758. The van der Waals surface area contributed by atoms with Gasteiger partial charge >= 0.3 is 0 Å². The molecule has 0 bridgehead atoms. The maximum Gasteiger partial charge on any atom is 0.272 e. The van der Waals surface area contributed by atoms with Crippen LogP contribution in [0.4, 0.5) is 0 Å². The van der Waals surface area contributed by atoms with Gasteiger partial charge in [-0.1, -0.05) is 0 Å². The quantitative estimate of drug-likeness (QED) is 0.873. The fourth-order valence-electron chi connectivity index (χ4n) is 3.80. The van der Waals surface area contributed by atoms with E-state index in [-0.39, 0.29) is 23.6 Å². The van der Waals surface area contributed by atoms with E-state index < -0.39 is 11.1 Å². The van der Waals surface area contributed by atoms with Crippen LogP contribution in [0.2, 0.25) is 0 Å². The summed E-state index contributed by atoms with van der Waals surface area (Å²) in [4.78, 5) is 47.1. The number of nitrogens with zero attached hydrogens (tertiary/aromatic N) is 3. The van der Waals surface area contributed by atoms with E-state index in [0.717, 1.165) is 25.6 Å². The molecule has 1 N–H and O–H groups in total. The maximum atomic E-state index is 13.0. The lowest BCUT2D eigenvalue weighted by molar-refractivity contribution is -0.147. The van der Waals surface area contributed by atoms with Crippen LogP contribution in [0.15, 0.2) is 17.2 Å². The molecule has 0 radical (unpaired) electrons. The molecule has 1 aromatic heterocycles. The van der Waals surface area contributed by atoms with Crippen molar-refractivity contribution in [3.05, 3.63) is 28.4 Å². The Morgan fingerprint density at radius 2 is 1.91 bits per heavy atom. The van der Waals surface area contributed by atoms with E-state index in [2.05, 4.69) is 9.97 Å². The van der Waals surface area contributed by atoms with E-state index in [1.807, 2.05) is 18.7 Å². The molecule has 2 saturated heterocycles. The number of rotatable bonds is 2. The number of hydrogen-bond donors (Lipinski definition) is 1. The van der Waals surface area contributed by atoms with Crippen molar-refractivity contribution in [2.24, 2.45) is 0 Å². The second-order valence-electron chi connectivity index (χ2n) is 6.60. The number of likely N-dealkylation sites (tertiary alicyclic amines) is 2. The average Bonchev–Trinajstić information content (AvgIpc) is 2.93. The number of H-pyrrole nitrogens is 1. The molecule has 1 aromatic rings. The maximum absolute atomic E-state index is 13.0. The second-order valence-corrected chi connectivity index (χ2v) is 6.60. The highest BCUT2D eigenvalue weighted by Gasteiger charge is 2.53. The van der Waals surface area contributed by atoms with Crippen LogP contribution in [0.25, 0.3) is 0 Å². The Hall–Kier alpha value is -2.18. The van der Waals surface area contributed by atoms with E-state index in [4.69, 9.17) is 0 Å². The van der Waals surface area contributed by atoms with Gasteiger partial charge < -0.3 is 14.8 Å². The van der Waals surface area contributed by atoms with Crippen LogP contribution in [-0.2, 0) is 4.79 Å². The Balaban J connectivity index is 1.94. The molecule has 1 unspecified atom stereocenters. The molecule has 1 atom stereocenters. The second kappa shape index (κ2) is 5.79. The van der Waals surface area contributed by atoms with Crippen molar-refractivity contribution in [1.82, 2.24) is 19.8 Å². The van der Waals surface area contributed by atoms with E-state index in [1.165, 1.54) is 6.20 Å². The monoisotopic (exact) mass is 318 g/mol. The number of piperidine rings is 1. The predicted molar refractivity (Wildman–Crippen MR) is 83.9 cm³/mol. The molecule has 7 heteroatoms. The Kier molecular flexibility index (Phi) is 3.95. The Morgan fingerprint density at radius 1 is 1.22 bits per heavy atom. The molecule has 0 saturated carbocycles. The summed E-state index contributed by atoms with van der Waals surface area (Å²) < 4.78 is 0. The van der Waals surface area contributed by atoms with Gasteiger partial charge in [0.05, 0.1) is 12.4 Å². The molecular weight excluding hydrogens is 296 g/mol. The van der Waals surface area contributed by atoms with Crippen LogP contribution < -0.4 is 5.56 Å². The number of nitrogens with one attached hydrogen (secondary N) is 1. The van der Waals surface area contributed by atoms with Crippen LogP contribution in [-0.4, -0.2) is 56.3 Å². The van der Waals surface area contributed by atoms with Gasteiger partial charge in [0.15, 0.2) is 0 Å². The fourth-order valence-corrected chi connectivity index (χ4v) is 3.80. The van der Waals surface area contributed by atoms with Crippen molar-refractivity contribution >= 4 is 11.8 Å². The normalized spacial score (nSPS) is 24.7. The van der Waals surface area contributed by atoms with E-state index in [0.29, 0.717) is 19.4 Å². The van der Waals surface area contributed by atoms with Crippen LogP contribution in [0.1, 0.15) is 50.0 Å². The number of carbonyl (C=O) groups is 2. The third kappa shape index (κ3) is 2.54. The molecule has 3 heterocycles. The summed E-state index contributed by atoms with van der Waals surface area (Å²) in [5.41, 5.74) is -1.03. The zero-order valence-electron chi connectivity index (χ0n) is 13.5. The molecule has 2 amide bonds. The number of amides is 2. The highest BCUT2D eigenvalue weighted by molar-refractivity contribution is 5.98. The first-order chi connectivity index (χ1) is 11.0. The summed E-state index contributed by atoms with van der Waals surface area (Å²) >= 11 is 0. The van der Waals surface area contributed by atoms with Crippen LogP contribution in [0, 0.1) is 0 Å². The Labute approximate surface area is 134 Å². The summed E-state index contributed by atoms with van der Waals surface area (Å²) in [6.07, 6.45) is 5.54. The fraction of sp³-hybridized carbons (Fsp3) is 0.625. The summed E-state index contributed by atoms with van der Waals surface area (Å²) in [5.74, 6) is -0.275. The third-order valence-corrected chi connectivity index (χ3v) is 4.89. The SMILES string of the molecule is CC(C)N1CCCC2(CCCN2C(=O)c2cncc(=O)[nH]2)C1=O. The van der Waals surface area contributed by atoms with E-state index >= 15 is 0 Å². The molecule has 124 valence electrons. The molecule has 2 aliphatic rings. The lowest BCUT2D eigenvalue weighted by Crippen LogP contribution is -2.62. The van der Waals surface area contributed by atoms with Gasteiger partial charge in [-0.25, -0.2) is 0 Å². The van der Waals surface area contributed by atoms with Gasteiger partial charge in [0.25, 0.3) is 11.5 Å². The lowest BCUT2D eigenvalue weighted by Gasteiger charge is -2.45. The van der Waals surface area contributed by atoms with Crippen LogP contribution in [0.3, 0.4) is 0 Å². The standard InChI is InChI=1S/C16H22N4O3/c1-11(2)19-7-3-5-16(15(19)23)6-4-8-20(16)14(22)12-9-17-10-13(21)18-12/h9-11H,3-8H2,1-2H3,(H,18,21). The highest BCUT2D eigenvalue weighted by atomic mass is 16.2. The largest absolute Gasteiger partial charge is 0.338 e. The smallest absolute Gasteiger partial charge is 0.272 e. The molecule has 0 aromatic carbocycles. The van der Waals surface area contributed by atoms with Gasteiger partial charge in [0.2, 0.25) is 5.91 Å². The van der Waals surface area contributed by atoms with Crippen molar-refractivity contribution in [2.75, 3.05) is 13.1 Å². The Morgan fingerprint density at radius 3 is 2.57 bits per heavy atom. The van der Waals surface area contributed by atoms with Gasteiger partial charge in [-0.2, -0.15) is 0 Å². The molecule has 3 rings (SSSR count). The average molecular weight is 318 g/mol. The number of aromatic amines is 1. The lowest BCUT2D eigenvalue weighted by atomic mass is 9.84. The first kappa shape index (κ1) is 15.7. The minimum Gasteiger partial charge on any atom is -0.338 e. The third-order valence-electron chi connectivity index (χ3n) is 4.89. The first-order valence-electron chi connectivity index (χ1n) is 8.13. The summed E-state index contributed by atoms with van der Waals surface area (Å²) in [6.45, 7) is 5.27. The van der Waals surface area contributed by atoms with Crippen LogP contribution >= 0.6 is 0 Å². The van der Waals surface area contributed by atoms with Gasteiger partial charge in [0, 0.05) is 19.1 Å². The zero-order valence-corrected chi connectivity index (χ0v) is 13.5. The predicted octanol–water partition coefficient (Wildman–Crippen LogP) is 0.775. The number of carbonyl (C=O) groups excluding carboxylic acids is 2. The van der Waals surface area contributed by atoms with Crippen LogP contribution in [0.5, 0.6) is 0 Å². The first-order valence-corrected chi connectivity index (χ1v) is 8.13. The highest BCUT2D eigenvalue weighted by Crippen LogP contribution is 2.39. The van der Waals surface area contributed by atoms with Crippen molar-refractivity contribution in [2.45, 2.75) is 51.1 Å². The van der Waals surface area contributed by atoms with Gasteiger partial charge in [-0.05, 0) is 39.5 Å². The van der Waals surface area contributed by atoms with Gasteiger partial charge in [-0.15, -0.1) is 0 Å². The topological polar surface area (TPSA) is 86.4 Å². The minimum absolute atomic E-state index is 0.0378.